The zero-order valence-electron chi connectivity index (χ0n) is 7.73. The minimum Gasteiger partial charge on any atom is -0.427 e. The first-order valence-corrected chi connectivity index (χ1v) is 4.47. The van der Waals surface area contributed by atoms with Gasteiger partial charge >= 0.3 is 6.09 Å². The number of unbranched alkanes of at least 4 members (excludes halogenated alkanes) is 1. The lowest BCUT2D eigenvalue weighted by molar-refractivity contribution is -0.584. The Balaban J connectivity index is 2.73. The first kappa shape index (κ1) is 9.71. The molecule has 0 saturated heterocycles. The Morgan fingerprint density at radius 1 is 1.62 bits per heavy atom. The zero-order chi connectivity index (χ0) is 9.68. The summed E-state index contributed by atoms with van der Waals surface area (Å²) in [4.78, 5) is 10.6. The average molecular weight is 180 g/mol. The Kier molecular flexibility index (Phi) is 3.43. The molecule has 0 fully saturated rings. The van der Waals surface area contributed by atoms with Crippen LogP contribution >= 0.6 is 0 Å². The van der Waals surface area contributed by atoms with Crippen LogP contribution in [0.25, 0.3) is 0 Å². The molecule has 0 atom stereocenters. The van der Waals surface area contributed by atoms with E-state index in [-0.39, 0.29) is 0 Å². The second-order valence-corrected chi connectivity index (χ2v) is 3.01. The minimum atomic E-state index is -0.932. The van der Waals surface area contributed by atoms with Gasteiger partial charge in [0.05, 0.1) is 0 Å². The van der Waals surface area contributed by atoms with E-state index in [1.807, 2.05) is 6.07 Å². The van der Waals surface area contributed by atoms with Gasteiger partial charge in [-0.3, -0.25) is 0 Å². The predicted molar refractivity (Wildman–Crippen MR) is 48.7 cm³/mol. The maximum Gasteiger partial charge on any atom is 0.599 e. The number of carboxylic acid groups (broad SMARTS) is 1. The van der Waals surface area contributed by atoms with E-state index in [1.54, 1.807) is 12.3 Å². The van der Waals surface area contributed by atoms with Crippen molar-refractivity contribution in [2.24, 2.45) is 0 Å². The molecular formula is C10H14NO2+. The quantitative estimate of drug-likeness (QED) is 0.721. The lowest BCUT2D eigenvalue weighted by Crippen LogP contribution is -2.40. The average Bonchev–Trinajstić information content (AvgIpc) is 2.15. The van der Waals surface area contributed by atoms with E-state index < -0.39 is 6.09 Å². The molecule has 3 nitrogen and oxygen atoms in total. The van der Waals surface area contributed by atoms with E-state index in [9.17, 15) is 4.79 Å². The van der Waals surface area contributed by atoms with Crippen LogP contribution in [-0.2, 0) is 6.42 Å². The second kappa shape index (κ2) is 4.60. The summed E-state index contributed by atoms with van der Waals surface area (Å²) in [7, 11) is 0. The maximum absolute atomic E-state index is 10.6. The molecule has 13 heavy (non-hydrogen) atoms. The molecule has 1 N–H and O–H groups in total. The van der Waals surface area contributed by atoms with Crippen molar-refractivity contribution in [3.63, 3.8) is 0 Å². The third-order valence-corrected chi connectivity index (χ3v) is 1.90. The van der Waals surface area contributed by atoms with Gasteiger partial charge in [0.15, 0.2) is 12.4 Å². The van der Waals surface area contributed by atoms with Gasteiger partial charge in [-0.1, -0.05) is 17.9 Å². The Labute approximate surface area is 77.6 Å². The zero-order valence-corrected chi connectivity index (χ0v) is 7.73. The molecule has 0 aromatic carbocycles. The van der Waals surface area contributed by atoms with Gasteiger partial charge in [0.25, 0.3) is 0 Å². The highest BCUT2D eigenvalue weighted by Crippen LogP contribution is 2.01. The number of rotatable bonds is 3. The molecular weight excluding hydrogens is 166 g/mol. The number of carbonyl (C=O) groups is 1. The Hall–Kier alpha value is -1.38. The summed E-state index contributed by atoms with van der Waals surface area (Å²) in [6.07, 6.45) is 5.45. The molecule has 0 bridgehead atoms. The van der Waals surface area contributed by atoms with Gasteiger partial charge in [0.1, 0.15) is 0 Å². The fraction of sp³-hybridized carbons (Fsp3) is 0.400. The standard InChI is InChI=1S/C10H13NO2/c1-2-3-5-9-6-4-7-11(8-9)10(12)13/h4,6-8H,2-3,5H2,1H3/p+1. The Morgan fingerprint density at radius 3 is 3.00 bits per heavy atom. The number of nitrogens with zero attached hydrogens (tertiary/aromatic N) is 1. The lowest BCUT2D eigenvalue weighted by Gasteiger charge is -1.95. The molecule has 0 radical (unpaired) electrons. The smallest absolute Gasteiger partial charge is 0.427 e. The van der Waals surface area contributed by atoms with Crippen LogP contribution in [0.3, 0.4) is 0 Å². The highest BCUT2D eigenvalue weighted by Gasteiger charge is 2.10. The van der Waals surface area contributed by atoms with Crippen LogP contribution in [0.2, 0.25) is 0 Å². The van der Waals surface area contributed by atoms with Crippen molar-refractivity contribution in [1.29, 1.82) is 0 Å². The van der Waals surface area contributed by atoms with E-state index in [4.69, 9.17) is 5.11 Å². The van der Waals surface area contributed by atoms with Crippen molar-refractivity contribution in [2.75, 3.05) is 0 Å². The highest BCUT2D eigenvalue weighted by molar-refractivity contribution is 5.53. The van der Waals surface area contributed by atoms with Crippen molar-refractivity contribution in [3.05, 3.63) is 30.1 Å². The molecule has 0 aliphatic heterocycles. The number of pyridine rings is 1. The normalized spacial score (nSPS) is 9.92. The highest BCUT2D eigenvalue weighted by atomic mass is 16.4. The molecule has 1 rings (SSSR count). The van der Waals surface area contributed by atoms with Crippen LogP contribution < -0.4 is 4.57 Å². The molecule has 70 valence electrons. The molecule has 0 spiro atoms. The van der Waals surface area contributed by atoms with Gasteiger partial charge < -0.3 is 5.11 Å². The molecule has 0 amide bonds. The molecule has 0 aliphatic rings. The van der Waals surface area contributed by atoms with Gasteiger partial charge in [-0.05, 0) is 18.9 Å². The monoisotopic (exact) mass is 180 g/mol. The van der Waals surface area contributed by atoms with Crippen LogP contribution in [-0.4, -0.2) is 11.2 Å². The summed E-state index contributed by atoms with van der Waals surface area (Å²) in [6.45, 7) is 2.12. The number of aromatic nitrogens is 1. The molecule has 1 aromatic rings. The van der Waals surface area contributed by atoms with Crippen molar-refractivity contribution >= 4 is 6.09 Å². The first-order chi connectivity index (χ1) is 6.24. The van der Waals surface area contributed by atoms with E-state index in [1.165, 1.54) is 10.8 Å². The second-order valence-electron chi connectivity index (χ2n) is 3.01. The minimum absolute atomic E-state index is 0.932. The van der Waals surface area contributed by atoms with Crippen molar-refractivity contribution in [1.82, 2.24) is 0 Å². The summed E-state index contributed by atoms with van der Waals surface area (Å²) in [6, 6.07) is 3.72. The molecule has 0 saturated carbocycles. The van der Waals surface area contributed by atoms with Gasteiger partial charge in [0, 0.05) is 11.6 Å². The third-order valence-electron chi connectivity index (χ3n) is 1.90. The van der Waals surface area contributed by atoms with Crippen LogP contribution in [0.5, 0.6) is 0 Å². The van der Waals surface area contributed by atoms with Crippen LogP contribution in [0.15, 0.2) is 24.5 Å². The maximum atomic E-state index is 10.6. The lowest BCUT2D eigenvalue weighted by atomic mass is 10.1. The van der Waals surface area contributed by atoms with Crippen LogP contribution in [0.4, 0.5) is 4.79 Å². The van der Waals surface area contributed by atoms with E-state index >= 15 is 0 Å². The first-order valence-electron chi connectivity index (χ1n) is 4.47. The van der Waals surface area contributed by atoms with E-state index in [0.717, 1.165) is 24.8 Å². The fourth-order valence-corrected chi connectivity index (χ4v) is 1.17. The number of aryl methyl sites for hydroxylation is 1. The fourth-order valence-electron chi connectivity index (χ4n) is 1.17. The SMILES string of the molecule is CCCCc1ccc[n+](C(=O)O)c1. The van der Waals surface area contributed by atoms with Gasteiger partial charge in [-0.15, -0.1) is 0 Å². The predicted octanol–water partition coefficient (Wildman–Crippen LogP) is 1.84. The van der Waals surface area contributed by atoms with Gasteiger partial charge in [-0.2, -0.15) is 4.79 Å². The van der Waals surface area contributed by atoms with Gasteiger partial charge in [-0.25, -0.2) is 0 Å². The molecule has 0 unspecified atom stereocenters. The van der Waals surface area contributed by atoms with Crippen molar-refractivity contribution in [3.8, 4) is 0 Å². The summed E-state index contributed by atoms with van der Waals surface area (Å²) < 4.78 is 1.19. The van der Waals surface area contributed by atoms with E-state index in [2.05, 4.69) is 6.92 Å². The number of hydrogen-bond acceptors (Lipinski definition) is 1. The molecule has 0 aliphatic carbocycles. The largest absolute Gasteiger partial charge is 0.599 e. The van der Waals surface area contributed by atoms with Crippen LogP contribution in [0, 0.1) is 0 Å². The number of hydrogen-bond donors (Lipinski definition) is 1. The summed E-state index contributed by atoms with van der Waals surface area (Å²) in [5.41, 5.74) is 1.08. The Bertz CT molecular complexity index is 297. The molecule has 1 aromatic heterocycles. The summed E-state index contributed by atoms with van der Waals surface area (Å²) in [5.74, 6) is 0. The van der Waals surface area contributed by atoms with Gasteiger partial charge in [0.2, 0.25) is 0 Å². The Morgan fingerprint density at radius 2 is 2.38 bits per heavy atom. The van der Waals surface area contributed by atoms with E-state index in [0.29, 0.717) is 0 Å². The van der Waals surface area contributed by atoms with Crippen molar-refractivity contribution in [2.45, 2.75) is 26.2 Å². The van der Waals surface area contributed by atoms with Crippen molar-refractivity contribution < 1.29 is 14.5 Å². The summed E-state index contributed by atoms with van der Waals surface area (Å²) in [5, 5.41) is 8.70. The van der Waals surface area contributed by atoms with Crippen LogP contribution in [0.1, 0.15) is 25.3 Å². The molecule has 3 heteroatoms. The summed E-state index contributed by atoms with van der Waals surface area (Å²) >= 11 is 0. The topological polar surface area (TPSA) is 41.2 Å². The third kappa shape index (κ3) is 2.86. The molecule has 1 heterocycles.